The highest BCUT2D eigenvalue weighted by Crippen LogP contribution is 2.21. The van der Waals surface area contributed by atoms with E-state index in [1.54, 1.807) is 24.3 Å². The van der Waals surface area contributed by atoms with Crippen molar-refractivity contribution < 1.29 is 9.59 Å². The Hall–Kier alpha value is -3.26. The molecule has 166 valence electrons. The number of piperidine rings is 1. The molecule has 1 aliphatic rings. The highest BCUT2D eigenvalue weighted by Gasteiger charge is 2.30. The Balaban J connectivity index is 1.35. The fraction of sp³-hybridized carbons (Fsp3) is 0.348. The molecule has 2 heterocycles. The van der Waals surface area contributed by atoms with Gasteiger partial charge in [0.15, 0.2) is 6.04 Å². The van der Waals surface area contributed by atoms with E-state index in [9.17, 15) is 9.59 Å². The minimum atomic E-state index is -0.515. The van der Waals surface area contributed by atoms with Crippen molar-refractivity contribution in [1.82, 2.24) is 30.4 Å². The molecule has 0 saturated carbocycles. The van der Waals surface area contributed by atoms with Crippen LogP contribution in [-0.4, -0.2) is 56.1 Å². The number of aromatic nitrogens is 4. The van der Waals surface area contributed by atoms with E-state index in [0.29, 0.717) is 48.8 Å². The molecule has 1 N–H and O–H groups in total. The molecule has 0 radical (unpaired) electrons. The number of tetrazole rings is 1. The lowest BCUT2D eigenvalue weighted by molar-refractivity contribution is -0.136. The second kappa shape index (κ2) is 9.91. The van der Waals surface area contributed by atoms with Crippen LogP contribution in [0.4, 0.5) is 0 Å². The molecule has 4 rings (SSSR count). The fourth-order valence-corrected chi connectivity index (χ4v) is 3.95. The summed E-state index contributed by atoms with van der Waals surface area (Å²) in [5.74, 6) is 0.346. The molecule has 1 aromatic heterocycles. The minimum absolute atomic E-state index is 0.0274. The Bertz CT molecular complexity index is 1060. The predicted molar refractivity (Wildman–Crippen MR) is 121 cm³/mol. The van der Waals surface area contributed by atoms with E-state index in [-0.39, 0.29) is 17.9 Å². The molecular weight excluding hydrogens is 428 g/mol. The van der Waals surface area contributed by atoms with Crippen LogP contribution < -0.4 is 5.32 Å². The first-order chi connectivity index (χ1) is 15.5. The molecular formula is C23H25ClN6O2. The maximum atomic E-state index is 13.2. The number of nitrogens with zero attached hydrogens (tertiary/aromatic N) is 5. The molecule has 3 aromatic rings. The lowest BCUT2D eigenvalue weighted by atomic mass is 10.0. The summed E-state index contributed by atoms with van der Waals surface area (Å²) in [7, 11) is 0. The molecule has 8 nitrogen and oxygen atoms in total. The van der Waals surface area contributed by atoms with Gasteiger partial charge in [-0.15, -0.1) is 10.2 Å². The van der Waals surface area contributed by atoms with Crippen LogP contribution in [0.15, 0.2) is 54.6 Å². The number of rotatable bonds is 6. The van der Waals surface area contributed by atoms with Gasteiger partial charge in [0.2, 0.25) is 11.7 Å². The maximum Gasteiger partial charge on any atom is 0.251 e. The topological polar surface area (TPSA) is 93.0 Å². The third-order valence-corrected chi connectivity index (χ3v) is 5.91. The first-order valence-electron chi connectivity index (χ1n) is 10.7. The van der Waals surface area contributed by atoms with Crippen LogP contribution in [0, 0.1) is 0 Å². The summed E-state index contributed by atoms with van der Waals surface area (Å²) >= 11 is 5.94. The lowest BCUT2D eigenvalue weighted by Gasteiger charge is -2.34. The van der Waals surface area contributed by atoms with Gasteiger partial charge in [0, 0.05) is 35.3 Å². The Morgan fingerprint density at radius 3 is 2.44 bits per heavy atom. The molecule has 1 saturated heterocycles. The van der Waals surface area contributed by atoms with Crippen molar-refractivity contribution in [3.8, 4) is 11.4 Å². The van der Waals surface area contributed by atoms with Crippen LogP contribution in [0.1, 0.15) is 42.6 Å². The minimum Gasteiger partial charge on any atom is -0.349 e. The van der Waals surface area contributed by atoms with Gasteiger partial charge >= 0.3 is 0 Å². The number of hydrogen-bond acceptors (Lipinski definition) is 5. The highest BCUT2D eigenvalue weighted by molar-refractivity contribution is 6.30. The number of amides is 2. The van der Waals surface area contributed by atoms with Crippen LogP contribution in [0.2, 0.25) is 5.02 Å². The van der Waals surface area contributed by atoms with Crippen molar-refractivity contribution in [2.24, 2.45) is 0 Å². The third kappa shape index (κ3) is 4.96. The number of hydrogen-bond donors (Lipinski definition) is 1. The smallest absolute Gasteiger partial charge is 0.251 e. The van der Waals surface area contributed by atoms with E-state index < -0.39 is 6.04 Å². The summed E-state index contributed by atoms with van der Waals surface area (Å²) in [6.07, 6.45) is 1.98. The molecule has 0 spiro atoms. The maximum absolute atomic E-state index is 13.2. The van der Waals surface area contributed by atoms with Crippen molar-refractivity contribution in [3.05, 3.63) is 65.2 Å². The normalized spacial score (nSPS) is 15.4. The molecule has 2 aromatic carbocycles. The zero-order valence-electron chi connectivity index (χ0n) is 17.8. The summed E-state index contributed by atoms with van der Waals surface area (Å²) in [6, 6.07) is 15.9. The van der Waals surface area contributed by atoms with Crippen molar-refractivity contribution in [2.45, 2.75) is 38.3 Å². The van der Waals surface area contributed by atoms with Gasteiger partial charge in [0.1, 0.15) is 0 Å². The SMILES string of the molecule is CC[C@H](C(=O)N1CCC(NC(=O)c2ccccc2)CC1)n1nnc(-c2ccc(Cl)cc2)n1. The Kier molecular flexibility index (Phi) is 6.80. The highest BCUT2D eigenvalue weighted by atomic mass is 35.5. The Morgan fingerprint density at radius 2 is 1.78 bits per heavy atom. The van der Waals surface area contributed by atoms with E-state index >= 15 is 0 Å². The predicted octanol–water partition coefficient (Wildman–Crippen LogP) is 3.37. The molecule has 32 heavy (non-hydrogen) atoms. The number of halogens is 1. The summed E-state index contributed by atoms with van der Waals surface area (Å²) in [4.78, 5) is 28.8. The molecule has 0 bridgehead atoms. The van der Waals surface area contributed by atoms with Crippen LogP contribution in [-0.2, 0) is 4.79 Å². The number of carbonyl (C=O) groups is 2. The largest absolute Gasteiger partial charge is 0.349 e. The summed E-state index contributed by atoms with van der Waals surface area (Å²) < 4.78 is 0. The van der Waals surface area contributed by atoms with Crippen molar-refractivity contribution in [3.63, 3.8) is 0 Å². The molecule has 9 heteroatoms. The first kappa shape index (κ1) is 22.0. The fourth-order valence-electron chi connectivity index (χ4n) is 3.82. The number of carbonyl (C=O) groups excluding carboxylic acids is 2. The van der Waals surface area contributed by atoms with Gasteiger partial charge in [0.25, 0.3) is 5.91 Å². The van der Waals surface area contributed by atoms with Crippen LogP contribution in [0.3, 0.4) is 0 Å². The van der Waals surface area contributed by atoms with E-state index in [2.05, 4.69) is 20.7 Å². The van der Waals surface area contributed by atoms with Gasteiger partial charge in [-0.05, 0) is 60.9 Å². The molecule has 0 aliphatic carbocycles. The van der Waals surface area contributed by atoms with Gasteiger partial charge in [-0.3, -0.25) is 9.59 Å². The standard InChI is InChI=1S/C23H25ClN6O2/c1-2-20(30-27-21(26-28-30)16-8-10-18(24)11-9-16)23(32)29-14-12-19(13-15-29)25-22(31)17-6-4-3-5-7-17/h3-11,19-20H,2,12-15H2,1H3,(H,25,31)/t20-/m1/s1. The van der Waals surface area contributed by atoms with E-state index in [1.807, 2.05) is 42.2 Å². The van der Waals surface area contributed by atoms with E-state index in [0.717, 1.165) is 5.56 Å². The van der Waals surface area contributed by atoms with Crippen molar-refractivity contribution in [2.75, 3.05) is 13.1 Å². The number of benzene rings is 2. The zero-order chi connectivity index (χ0) is 22.5. The summed E-state index contributed by atoms with van der Waals surface area (Å²) in [6.45, 7) is 3.09. The Morgan fingerprint density at radius 1 is 1.09 bits per heavy atom. The molecule has 0 unspecified atom stereocenters. The average Bonchev–Trinajstić information content (AvgIpc) is 3.31. The van der Waals surface area contributed by atoms with Gasteiger partial charge in [-0.1, -0.05) is 36.7 Å². The van der Waals surface area contributed by atoms with E-state index in [4.69, 9.17) is 11.6 Å². The van der Waals surface area contributed by atoms with Crippen LogP contribution in [0.5, 0.6) is 0 Å². The lowest BCUT2D eigenvalue weighted by Crippen LogP contribution is -2.48. The molecule has 1 atom stereocenters. The summed E-state index contributed by atoms with van der Waals surface area (Å²) in [5, 5.41) is 16.4. The monoisotopic (exact) mass is 452 g/mol. The average molecular weight is 453 g/mol. The molecule has 2 amide bonds. The Labute approximate surface area is 191 Å². The van der Waals surface area contributed by atoms with Crippen LogP contribution in [0.25, 0.3) is 11.4 Å². The molecule has 1 fully saturated rings. The molecule has 1 aliphatic heterocycles. The first-order valence-corrected chi connectivity index (χ1v) is 11.1. The van der Waals surface area contributed by atoms with Crippen LogP contribution >= 0.6 is 11.6 Å². The number of nitrogens with one attached hydrogen (secondary N) is 1. The van der Waals surface area contributed by atoms with Gasteiger partial charge in [-0.25, -0.2) is 0 Å². The van der Waals surface area contributed by atoms with Crippen molar-refractivity contribution >= 4 is 23.4 Å². The second-order valence-electron chi connectivity index (χ2n) is 7.80. The summed E-state index contributed by atoms with van der Waals surface area (Å²) in [5.41, 5.74) is 1.43. The van der Waals surface area contributed by atoms with E-state index in [1.165, 1.54) is 4.80 Å². The second-order valence-corrected chi connectivity index (χ2v) is 8.24. The zero-order valence-corrected chi connectivity index (χ0v) is 18.6. The van der Waals surface area contributed by atoms with Gasteiger partial charge in [-0.2, -0.15) is 4.80 Å². The van der Waals surface area contributed by atoms with Gasteiger partial charge < -0.3 is 10.2 Å². The quantitative estimate of drug-likeness (QED) is 0.619. The van der Waals surface area contributed by atoms with Gasteiger partial charge in [0.05, 0.1) is 0 Å². The van der Waals surface area contributed by atoms with Crippen molar-refractivity contribution in [1.29, 1.82) is 0 Å². The number of likely N-dealkylation sites (tertiary alicyclic amines) is 1. The third-order valence-electron chi connectivity index (χ3n) is 5.66.